The smallest absolute Gasteiger partial charge is 0.314 e. The number of methoxy groups -OCH3 is 2. The molecule has 0 aliphatic heterocycles. The Labute approximate surface area is 139 Å². The molecule has 0 aliphatic rings. The van der Waals surface area contributed by atoms with Crippen molar-refractivity contribution in [2.45, 2.75) is 6.92 Å². The Bertz CT molecular complexity index is 774. The fourth-order valence-electron chi connectivity index (χ4n) is 2.06. The highest BCUT2D eigenvalue weighted by Crippen LogP contribution is 2.29. The molecular weight excluding hydrogens is 312 g/mol. The van der Waals surface area contributed by atoms with Crippen LogP contribution < -0.4 is 20.1 Å². The van der Waals surface area contributed by atoms with Crippen LogP contribution in [0.3, 0.4) is 0 Å². The van der Waals surface area contributed by atoms with Crippen molar-refractivity contribution in [3.05, 3.63) is 42.0 Å². The Balaban J connectivity index is 2.13. The summed E-state index contributed by atoms with van der Waals surface area (Å²) in [5, 5.41) is 14.3. The summed E-state index contributed by atoms with van der Waals surface area (Å²) in [5.41, 5.74) is 1.39. The fourth-order valence-corrected chi connectivity index (χ4v) is 2.06. The lowest BCUT2D eigenvalue weighted by Crippen LogP contribution is -2.29. The first kappa shape index (κ1) is 17.1. The van der Waals surface area contributed by atoms with Gasteiger partial charge in [0.05, 0.1) is 19.9 Å². The number of nitrogens with one attached hydrogen (secondary N) is 2. The summed E-state index contributed by atoms with van der Waals surface area (Å²) in [6.07, 6.45) is 0. The first-order valence-corrected chi connectivity index (χ1v) is 7.08. The van der Waals surface area contributed by atoms with Crippen LogP contribution in [-0.2, 0) is 9.59 Å². The van der Waals surface area contributed by atoms with Gasteiger partial charge in [0, 0.05) is 11.8 Å². The van der Waals surface area contributed by atoms with Gasteiger partial charge in [-0.1, -0.05) is 0 Å². The fraction of sp³-hybridized carbons (Fsp3) is 0.176. The van der Waals surface area contributed by atoms with Gasteiger partial charge in [0.2, 0.25) is 0 Å². The minimum atomic E-state index is -0.853. The van der Waals surface area contributed by atoms with E-state index >= 15 is 0 Å². The molecule has 7 heteroatoms. The summed E-state index contributed by atoms with van der Waals surface area (Å²) >= 11 is 0. The van der Waals surface area contributed by atoms with Gasteiger partial charge in [0.1, 0.15) is 17.2 Å². The molecule has 0 saturated carbocycles. The first-order chi connectivity index (χ1) is 11.4. The molecule has 0 radical (unpaired) electrons. The van der Waals surface area contributed by atoms with Crippen LogP contribution in [0.2, 0.25) is 0 Å². The van der Waals surface area contributed by atoms with Crippen molar-refractivity contribution in [3.8, 4) is 17.2 Å². The number of ether oxygens (including phenoxy) is 2. The highest BCUT2D eigenvalue weighted by molar-refractivity contribution is 6.43. The Morgan fingerprint density at radius 1 is 0.917 bits per heavy atom. The van der Waals surface area contributed by atoms with Crippen molar-refractivity contribution in [1.82, 2.24) is 0 Å². The van der Waals surface area contributed by atoms with E-state index in [4.69, 9.17) is 9.47 Å². The molecule has 126 valence electrons. The number of amides is 2. The molecule has 0 bridgehead atoms. The molecule has 2 aromatic carbocycles. The third-order valence-corrected chi connectivity index (χ3v) is 3.32. The number of anilines is 2. The summed E-state index contributed by atoms with van der Waals surface area (Å²) in [4.78, 5) is 24.1. The zero-order chi connectivity index (χ0) is 17.7. The normalized spacial score (nSPS) is 9.96. The first-order valence-electron chi connectivity index (χ1n) is 7.08. The Kier molecular flexibility index (Phi) is 5.26. The molecule has 0 unspecified atom stereocenters. The highest BCUT2D eigenvalue weighted by atomic mass is 16.5. The third-order valence-electron chi connectivity index (χ3n) is 3.32. The number of phenolic OH excluding ortho intramolecular Hbond substituents is 1. The van der Waals surface area contributed by atoms with E-state index < -0.39 is 11.8 Å². The van der Waals surface area contributed by atoms with Gasteiger partial charge in [0.25, 0.3) is 0 Å². The van der Waals surface area contributed by atoms with Gasteiger partial charge in [-0.25, -0.2) is 0 Å². The summed E-state index contributed by atoms with van der Waals surface area (Å²) in [7, 11) is 2.95. The number of hydrogen-bond acceptors (Lipinski definition) is 5. The van der Waals surface area contributed by atoms with E-state index in [2.05, 4.69) is 10.6 Å². The summed E-state index contributed by atoms with van der Waals surface area (Å²) < 4.78 is 10.2. The van der Waals surface area contributed by atoms with Crippen LogP contribution in [0.4, 0.5) is 11.4 Å². The Hall–Kier alpha value is -3.22. The Morgan fingerprint density at radius 3 is 2.17 bits per heavy atom. The molecule has 0 fully saturated rings. The van der Waals surface area contributed by atoms with Gasteiger partial charge in [-0.3, -0.25) is 9.59 Å². The molecule has 0 saturated heterocycles. The average Bonchev–Trinajstić information content (AvgIpc) is 2.57. The third kappa shape index (κ3) is 3.95. The summed E-state index contributed by atoms with van der Waals surface area (Å²) in [5.74, 6) is -0.697. The van der Waals surface area contributed by atoms with E-state index in [1.54, 1.807) is 25.1 Å². The molecule has 0 atom stereocenters. The largest absolute Gasteiger partial charge is 0.508 e. The van der Waals surface area contributed by atoms with Gasteiger partial charge in [-0.2, -0.15) is 0 Å². The predicted octanol–water partition coefficient (Wildman–Crippen LogP) is 2.30. The van der Waals surface area contributed by atoms with Gasteiger partial charge in [0.15, 0.2) is 0 Å². The lowest BCUT2D eigenvalue weighted by Gasteiger charge is -2.12. The van der Waals surface area contributed by atoms with Gasteiger partial charge >= 0.3 is 11.8 Å². The van der Waals surface area contributed by atoms with E-state index in [0.29, 0.717) is 28.4 Å². The number of aryl methyl sites for hydroxylation is 1. The van der Waals surface area contributed by atoms with Crippen LogP contribution in [0.5, 0.6) is 17.2 Å². The Morgan fingerprint density at radius 2 is 1.58 bits per heavy atom. The van der Waals surface area contributed by atoms with Crippen LogP contribution in [0.25, 0.3) is 0 Å². The minimum absolute atomic E-state index is 0.0797. The number of carbonyl (C=O) groups is 2. The lowest BCUT2D eigenvalue weighted by atomic mass is 10.2. The number of aromatic hydroxyl groups is 1. The molecule has 2 amide bonds. The van der Waals surface area contributed by atoms with E-state index in [0.717, 1.165) is 0 Å². The molecular formula is C17H18N2O5. The number of hydrogen-bond donors (Lipinski definition) is 3. The zero-order valence-corrected chi connectivity index (χ0v) is 13.5. The standard InChI is InChI=1S/C17H18N2O5/c1-10-8-11(20)4-6-13(10)18-16(21)17(22)19-14-9-12(23-2)5-7-15(14)24-3/h4-9,20H,1-3H3,(H,18,21)(H,19,22). The average molecular weight is 330 g/mol. The van der Waals surface area contributed by atoms with Crippen molar-refractivity contribution < 1.29 is 24.2 Å². The van der Waals surface area contributed by atoms with Gasteiger partial charge in [-0.05, 0) is 42.8 Å². The zero-order valence-electron chi connectivity index (χ0n) is 13.5. The van der Waals surface area contributed by atoms with Crippen LogP contribution in [0.1, 0.15) is 5.56 Å². The number of phenols is 1. The van der Waals surface area contributed by atoms with E-state index in [1.165, 1.54) is 32.4 Å². The van der Waals surface area contributed by atoms with Crippen LogP contribution in [0, 0.1) is 6.92 Å². The highest BCUT2D eigenvalue weighted by Gasteiger charge is 2.17. The van der Waals surface area contributed by atoms with Crippen molar-refractivity contribution in [3.63, 3.8) is 0 Å². The second-order valence-electron chi connectivity index (χ2n) is 4.97. The maximum Gasteiger partial charge on any atom is 0.314 e. The number of rotatable bonds is 4. The molecule has 0 aromatic heterocycles. The minimum Gasteiger partial charge on any atom is -0.508 e. The molecule has 3 N–H and O–H groups in total. The number of benzene rings is 2. The monoisotopic (exact) mass is 330 g/mol. The van der Waals surface area contributed by atoms with Crippen LogP contribution in [0.15, 0.2) is 36.4 Å². The molecule has 24 heavy (non-hydrogen) atoms. The molecule has 2 aromatic rings. The molecule has 0 spiro atoms. The summed E-state index contributed by atoms with van der Waals surface area (Å²) in [6.45, 7) is 1.71. The molecule has 7 nitrogen and oxygen atoms in total. The van der Waals surface area contributed by atoms with Gasteiger partial charge < -0.3 is 25.2 Å². The van der Waals surface area contributed by atoms with E-state index in [1.807, 2.05) is 0 Å². The van der Waals surface area contributed by atoms with Crippen molar-refractivity contribution in [1.29, 1.82) is 0 Å². The van der Waals surface area contributed by atoms with Gasteiger partial charge in [-0.15, -0.1) is 0 Å². The van der Waals surface area contributed by atoms with Crippen molar-refractivity contribution in [2.75, 3.05) is 24.9 Å². The SMILES string of the molecule is COc1ccc(OC)c(NC(=O)C(=O)Nc2ccc(O)cc2C)c1. The van der Waals surface area contributed by atoms with E-state index in [9.17, 15) is 14.7 Å². The molecule has 0 aliphatic carbocycles. The second-order valence-corrected chi connectivity index (χ2v) is 4.97. The molecule has 0 heterocycles. The molecule has 2 rings (SSSR count). The maximum atomic E-state index is 12.1. The summed E-state index contributed by atoms with van der Waals surface area (Å²) in [6, 6.07) is 9.27. The topological polar surface area (TPSA) is 96.9 Å². The van der Waals surface area contributed by atoms with Crippen molar-refractivity contribution in [2.24, 2.45) is 0 Å². The second kappa shape index (κ2) is 7.36. The predicted molar refractivity (Wildman–Crippen MR) is 89.6 cm³/mol. The van der Waals surface area contributed by atoms with Crippen LogP contribution >= 0.6 is 0 Å². The van der Waals surface area contributed by atoms with E-state index in [-0.39, 0.29) is 5.75 Å². The maximum absolute atomic E-state index is 12.1. The quantitative estimate of drug-likeness (QED) is 0.590. The number of carbonyl (C=O) groups excluding carboxylic acids is 2. The van der Waals surface area contributed by atoms with Crippen molar-refractivity contribution >= 4 is 23.2 Å². The van der Waals surface area contributed by atoms with Crippen LogP contribution in [-0.4, -0.2) is 31.1 Å². The lowest BCUT2D eigenvalue weighted by molar-refractivity contribution is -0.133.